The number of ether oxygens (including phenoxy) is 1. The molecule has 15 heavy (non-hydrogen) atoms. The Balaban J connectivity index is 1.93. The number of rotatable bonds is 3. The zero-order valence-electron chi connectivity index (χ0n) is 9.07. The lowest BCUT2D eigenvalue weighted by atomic mass is 10.2. The van der Waals surface area contributed by atoms with Crippen LogP contribution in [0.25, 0.3) is 0 Å². The molecule has 0 bridgehead atoms. The van der Waals surface area contributed by atoms with Crippen molar-refractivity contribution in [3.8, 4) is 5.75 Å². The van der Waals surface area contributed by atoms with Crippen molar-refractivity contribution in [2.75, 3.05) is 12.4 Å². The van der Waals surface area contributed by atoms with Gasteiger partial charge in [-0.25, -0.2) is 0 Å². The minimum Gasteiger partial charge on any atom is -0.497 e. The molecule has 0 aromatic heterocycles. The van der Waals surface area contributed by atoms with Gasteiger partial charge in [-0.05, 0) is 43.5 Å². The van der Waals surface area contributed by atoms with Crippen molar-refractivity contribution in [2.24, 2.45) is 5.73 Å². The van der Waals surface area contributed by atoms with E-state index < -0.39 is 0 Å². The summed E-state index contributed by atoms with van der Waals surface area (Å²) in [5.74, 6) is 0.892. The molecule has 1 aromatic rings. The Bertz CT molecular complexity index is 310. The lowest BCUT2D eigenvalue weighted by Gasteiger charge is -2.14. The molecule has 0 radical (unpaired) electrons. The van der Waals surface area contributed by atoms with Gasteiger partial charge in [0.15, 0.2) is 0 Å². The molecule has 1 saturated carbocycles. The summed E-state index contributed by atoms with van der Waals surface area (Å²) in [5.41, 5.74) is 7.01. The Morgan fingerprint density at radius 1 is 1.27 bits per heavy atom. The molecule has 0 aliphatic heterocycles. The molecule has 0 heterocycles. The van der Waals surface area contributed by atoms with E-state index in [-0.39, 0.29) is 0 Å². The van der Waals surface area contributed by atoms with Crippen molar-refractivity contribution in [3.05, 3.63) is 24.3 Å². The van der Waals surface area contributed by atoms with Gasteiger partial charge in [0, 0.05) is 17.8 Å². The summed E-state index contributed by atoms with van der Waals surface area (Å²) in [6, 6.07) is 8.94. The van der Waals surface area contributed by atoms with E-state index in [4.69, 9.17) is 10.5 Å². The highest BCUT2D eigenvalue weighted by atomic mass is 16.5. The lowest BCUT2D eigenvalue weighted by molar-refractivity contribution is 0.415. The predicted octanol–water partition coefficient (Wildman–Crippen LogP) is 1.99. The van der Waals surface area contributed by atoms with Gasteiger partial charge < -0.3 is 15.8 Å². The molecular formula is C12H18N2O. The van der Waals surface area contributed by atoms with E-state index in [2.05, 4.69) is 5.32 Å². The Kier molecular flexibility index (Phi) is 3.11. The van der Waals surface area contributed by atoms with Crippen molar-refractivity contribution < 1.29 is 4.74 Å². The molecular weight excluding hydrogens is 188 g/mol. The van der Waals surface area contributed by atoms with Crippen molar-refractivity contribution in [3.63, 3.8) is 0 Å². The fraction of sp³-hybridized carbons (Fsp3) is 0.500. The van der Waals surface area contributed by atoms with Crippen molar-refractivity contribution in [1.29, 1.82) is 0 Å². The maximum atomic E-state index is 5.86. The summed E-state index contributed by atoms with van der Waals surface area (Å²) in [6.45, 7) is 0. The maximum Gasteiger partial charge on any atom is 0.119 e. The lowest BCUT2D eigenvalue weighted by Crippen LogP contribution is -2.20. The molecule has 3 heteroatoms. The topological polar surface area (TPSA) is 47.3 Å². The van der Waals surface area contributed by atoms with E-state index in [0.717, 1.165) is 24.3 Å². The van der Waals surface area contributed by atoms with Crippen molar-refractivity contribution in [2.45, 2.75) is 31.3 Å². The molecule has 1 aliphatic rings. The summed E-state index contributed by atoms with van der Waals surface area (Å²) in [4.78, 5) is 0. The van der Waals surface area contributed by atoms with Crippen LogP contribution in [0.15, 0.2) is 24.3 Å². The maximum absolute atomic E-state index is 5.86. The van der Waals surface area contributed by atoms with E-state index in [1.54, 1.807) is 7.11 Å². The molecule has 3 N–H and O–H groups in total. The first kappa shape index (κ1) is 10.3. The number of hydrogen-bond donors (Lipinski definition) is 2. The van der Waals surface area contributed by atoms with Gasteiger partial charge in [0.25, 0.3) is 0 Å². The number of nitrogens with two attached hydrogens (primary N) is 1. The molecule has 2 rings (SSSR count). The van der Waals surface area contributed by atoms with E-state index in [9.17, 15) is 0 Å². The van der Waals surface area contributed by atoms with Crippen LogP contribution in [-0.2, 0) is 0 Å². The second-order valence-electron chi connectivity index (χ2n) is 4.14. The average molecular weight is 206 g/mol. The molecule has 82 valence electrons. The zero-order chi connectivity index (χ0) is 10.7. The third-order valence-electron chi connectivity index (χ3n) is 2.93. The molecule has 3 nitrogen and oxygen atoms in total. The first-order valence-corrected chi connectivity index (χ1v) is 5.44. The van der Waals surface area contributed by atoms with E-state index >= 15 is 0 Å². The Hall–Kier alpha value is -1.22. The number of anilines is 1. The Morgan fingerprint density at radius 3 is 2.53 bits per heavy atom. The number of nitrogens with one attached hydrogen (secondary N) is 1. The van der Waals surface area contributed by atoms with Crippen LogP contribution in [0, 0.1) is 0 Å². The van der Waals surface area contributed by atoms with Gasteiger partial charge in [0.1, 0.15) is 5.75 Å². The summed E-state index contributed by atoms with van der Waals surface area (Å²) in [5, 5.41) is 3.49. The second kappa shape index (κ2) is 4.53. The molecule has 0 spiro atoms. The minimum absolute atomic E-state index is 0.376. The van der Waals surface area contributed by atoms with Gasteiger partial charge in [0.05, 0.1) is 7.11 Å². The van der Waals surface area contributed by atoms with Crippen LogP contribution in [0.5, 0.6) is 5.75 Å². The fourth-order valence-electron chi connectivity index (χ4n) is 2.07. The van der Waals surface area contributed by atoms with E-state index in [1.165, 1.54) is 6.42 Å². The van der Waals surface area contributed by atoms with E-state index in [1.807, 2.05) is 24.3 Å². The van der Waals surface area contributed by atoms with Gasteiger partial charge in [0.2, 0.25) is 0 Å². The van der Waals surface area contributed by atoms with Crippen molar-refractivity contribution >= 4 is 5.69 Å². The van der Waals surface area contributed by atoms with Crippen LogP contribution in [0.2, 0.25) is 0 Å². The molecule has 2 atom stereocenters. The smallest absolute Gasteiger partial charge is 0.119 e. The van der Waals surface area contributed by atoms with Gasteiger partial charge in [-0.3, -0.25) is 0 Å². The highest BCUT2D eigenvalue weighted by Crippen LogP contribution is 2.23. The summed E-state index contributed by atoms with van der Waals surface area (Å²) in [6.07, 6.45) is 3.38. The second-order valence-corrected chi connectivity index (χ2v) is 4.14. The quantitative estimate of drug-likeness (QED) is 0.795. The van der Waals surface area contributed by atoms with Crippen LogP contribution in [0.1, 0.15) is 19.3 Å². The number of hydrogen-bond acceptors (Lipinski definition) is 3. The van der Waals surface area contributed by atoms with Crippen LogP contribution in [0.4, 0.5) is 5.69 Å². The molecule has 0 saturated heterocycles. The molecule has 2 unspecified atom stereocenters. The molecule has 0 amide bonds. The highest BCUT2D eigenvalue weighted by Gasteiger charge is 2.21. The van der Waals surface area contributed by atoms with Gasteiger partial charge in [-0.2, -0.15) is 0 Å². The van der Waals surface area contributed by atoms with Crippen molar-refractivity contribution in [1.82, 2.24) is 0 Å². The van der Waals surface area contributed by atoms with Crippen LogP contribution >= 0.6 is 0 Å². The summed E-state index contributed by atoms with van der Waals surface area (Å²) < 4.78 is 5.11. The first-order valence-electron chi connectivity index (χ1n) is 5.44. The number of methoxy groups -OCH3 is 1. The largest absolute Gasteiger partial charge is 0.497 e. The predicted molar refractivity (Wildman–Crippen MR) is 62.2 cm³/mol. The average Bonchev–Trinajstić information content (AvgIpc) is 2.65. The van der Waals surface area contributed by atoms with Crippen LogP contribution < -0.4 is 15.8 Å². The molecule has 1 aliphatic carbocycles. The SMILES string of the molecule is COc1ccc(NC2CCC(N)C2)cc1. The van der Waals surface area contributed by atoms with Gasteiger partial charge in [-0.1, -0.05) is 0 Å². The minimum atomic E-state index is 0.376. The Labute approximate surface area is 90.6 Å². The normalized spacial score (nSPS) is 25.2. The zero-order valence-corrected chi connectivity index (χ0v) is 9.07. The van der Waals surface area contributed by atoms with Crippen LogP contribution in [-0.4, -0.2) is 19.2 Å². The Morgan fingerprint density at radius 2 is 2.00 bits per heavy atom. The summed E-state index contributed by atoms with van der Waals surface area (Å²) >= 11 is 0. The third kappa shape index (κ3) is 2.63. The standard InChI is InChI=1S/C12H18N2O/c1-15-12-6-4-10(5-7-12)14-11-3-2-9(13)8-11/h4-7,9,11,14H,2-3,8,13H2,1H3. The van der Waals surface area contributed by atoms with Gasteiger partial charge >= 0.3 is 0 Å². The van der Waals surface area contributed by atoms with Crippen LogP contribution in [0.3, 0.4) is 0 Å². The first-order chi connectivity index (χ1) is 7.28. The summed E-state index contributed by atoms with van der Waals surface area (Å²) in [7, 11) is 1.68. The third-order valence-corrected chi connectivity index (χ3v) is 2.93. The fourth-order valence-corrected chi connectivity index (χ4v) is 2.07. The highest BCUT2D eigenvalue weighted by molar-refractivity contribution is 5.47. The van der Waals surface area contributed by atoms with E-state index in [0.29, 0.717) is 12.1 Å². The number of benzene rings is 1. The monoisotopic (exact) mass is 206 g/mol. The molecule has 1 fully saturated rings. The molecule has 1 aromatic carbocycles. The van der Waals surface area contributed by atoms with Gasteiger partial charge in [-0.15, -0.1) is 0 Å².